The van der Waals surface area contributed by atoms with E-state index in [0.29, 0.717) is 17.7 Å². The predicted molar refractivity (Wildman–Crippen MR) is 64.1 cm³/mol. The Labute approximate surface area is 97.3 Å². The van der Waals surface area contributed by atoms with E-state index in [0.717, 1.165) is 6.54 Å². The summed E-state index contributed by atoms with van der Waals surface area (Å²) >= 11 is 0. The van der Waals surface area contributed by atoms with Gasteiger partial charge in [0.05, 0.1) is 6.33 Å². The standard InChI is InChI=1S/C10H15N5O2/c1-13(2)4-5-15-6-11-8-7(15)9(16)12-10(17)14(8)3/h6H,4-5H2,1-3H3,(H,12,16,17). The van der Waals surface area contributed by atoms with Crippen LogP contribution in [-0.4, -0.2) is 44.6 Å². The molecule has 0 saturated carbocycles. The number of fused-ring (bicyclic) bond motifs is 1. The maximum absolute atomic E-state index is 11.7. The molecule has 2 heterocycles. The molecule has 0 aliphatic carbocycles. The predicted octanol–water partition coefficient (Wildman–Crippen LogP) is -1.02. The van der Waals surface area contributed by atoms with Crippen LogP contribution in [0.15, 0.2) is 15.9 Å². The van der Waals surface area contributed by atoms with Crippen molar-refractivity contribution in [3.8, 4) is 0 Å². The molecule has 0 bridgehead atoms. The van der Waals surface area contributed by atoms with E-state index in [1.807, 2.05) is 19.0 Å². The molecule has 2 rings (SSSR count). The lowest BCUT2D eigenvalue weighted by atomic mass is 10.5. The maximum atomic E-state index is 11.7. The van der Waals surface area contributed by atoms with Gasteiger partial charge in [-0.2, -0.15) is 0 Å². The summed E-state index contributed by atoms with van der Waals surface area (Å²) in [5.41, 5.74) is 0.0196. The van der Waals surface area contributed by atoms with Crippen molar-refractivity contribution >= 4 is 11.2 Å². The molecule has 17 heavy (non-hydrogen) atoms. The molecule has 0 aliphatic heterocycles. The Morgan fingerprint density at radius 3 is 2.76 bits per heavy atom. The minimum atomic E-state index is -0.444. The minimum absolute atomic E-state index is 0.389. The Balaban J connectivity index is 2.57. The molecule has 0 aliphatic rings. The minimum Gasteiger partial charge on any atom is -0.323 e. The molecular weight excluding hydrogens is 222 g/mol. The first-order chi connectivity index (χ1) is 8.00. The first-order valence-corrected chi connectivity index (χ1v) is 5.29. The Kier molecular flexibility index (Phi) is 2.84. The highest BCUT2D eigenvalue weighted by Crippen LogP contribution is 2.04. The summed E-state index contributed by atoms with van der Waals surface area (Å²) in [4.78, 5) is 31.5. The number of H-pyrrole nitrogens is 1. The number of nitrogens with one attached hydrogen (secondary N) is 1. The molecule has 0 aromatic carbocycles. The fraction of sp³-hybridized carbons (Fsp3) is 0.500. The molecule has 2 aromatic heterocycles. The second-order valence-corrected chi connectivity index (χ2v) is 4.23. The number of imidazole rings is 1. The molecular formula is C10H15N5O2. The largest absolute Gasteiger partial charge is 0.329 e. The Hall–Kier alpha value is -1.89. The van der Waals surface area contributed by atoms with Crippen LogP contribution in [0, 0.1) is 0 Å². The quantitative estimate of drug-likeness (QED) is 0.741. The zero-order valence-electron chi connectivity index (χ0n) is 10.1. The average molecular weight is 237 g/mol. The molecule has 2 aromatic rings. The summed E-state index contributed by atoms with van der Waals surface area (Å²) in [5.74, 6) is 0. The zero-order chi connectivity index (χ0) is 12.6. The van der Waals surface area contributed by atoms with E-state index in [4.69, 9.17) is 0 Å². The Morgan fingerprint density at radius 2 is 2.12 bits per heavy atom. The molecule has 0 fully saturated rings. The van der Waals surface area contributed by atoms with Gasteiger partial charge in [-0.15, -0.1) is 0 Å². The molecule has 1 N–H and O–H groups in total. The van der Waals surface area contributed by atoms with E-state index in [-0.39, 0.29) is 5.56 Å². The van der Waals surface area contributed by atoms with E-state index in [2.05, 4.69) is 9.97 Å². The molecule has 92 valence electrons. The molecule has 7 heteroatoms. The van der Waals surface area contributed by atoms with Gasteiger partial charge in [-0.3, -0.25) is 14.3 Å². The van der Waals surface area contributed by atoms with Crippen molar-refractivity contribution in [2.45, 2.75) is 6.54 Å². The van der Waals surface area contributed by atoms with Crippen LogP contribution in [0.3, 0.4) is 0 Å². The van der Waals surface area contributed by atoms with Crippen LogP contribution in [0.2, 0.25) is 0 Å². The summed E-state index contributed by atoms with van der Waals surface area (Å²) < 4.78 is 3.09. The SMILES string of the molecule is CN(C)CCn1cnc2c1c(=O)[nH]c(=O)n2C. The highest BCUT2D eigenvalue weighted by atomic mass is 16.2. The topological polar surface area (TPSA) is 75.9 Å². The zero-order valence-corrected chi connectivity index (χ0v) is 10.1. The van der Waals surface area contributed by atoms with Gasteiger partial charge in [0, 0.05) is 20.1 Å². The number of nitrogens with zero attached hydrogens (tertiary/aromatic N) is 4. The van der Waals surface area contributed by atoms with Crippen molar-refractivity contribution in [3.63, 3.8) is 0 Å². The molecule has 0 saturated heterocycles. The summed E-state index contributed by atoms with van der Waals surface area (Å²) in [6.45, 7) is 1.46. The Morgan fingerprint density at radius 1 is 1.41 bits per heavy atom. The van der Waals surface area contributed by atoms with Crippen LogP contribution >= 0.6 is 0 Å². The summed E-state index contributed by atoms with van der Waals surface area (Å²) in [5, 5.41) is 0. The fourth-order valence-corrected chi connectivity index (χ4v) is 1.66. The van der Waals surface area contributed by atoms with E-state index in [1.54, 1.807) is 17.9 Å². The molecule has 0 unspecified atom stereocenters. The number of aromatic nitrogens is 4. The van der Waals surface area contributed by atoms with Gasteiger partial charge in [0.2, 0.25) is 0 Å². The first-order valence-electron chi connectivity index (χ1n) is 5.29. The second kappa shape index (κ2) is 4.17. The van der Waals surface area contributed by atoms with E-state index >= 15 is 0 Å². The van der Waals surface area contributed by atoms with Crippen LogP contribution in [0.5, 0.6) is 0 Å². The number of rotatable bonds is 3. The van der Waals surface area contributed by atoms with E-state index < -0.39 is 5.69 Å². The molecule has 0 radical (unpaired) electrons. The number of hydrogen-bond acceptors (Lipinski definition) is 4. The monoisotopic (exact) mass is 237 g/mol. The molecule has 0 atom stereocenters. The summed E-state index contributed by atoms with van der Waals surface area (Å²) in [6.07, 6.45) is 1.59. The van der Waals surface area contributed by atoms with Crippen molar-refractivity contribution in [2.24, 2.45) is 7.05 Å². The number of aromatic amines is 1. The third kappa shape index (κ3) is 2.01. The average Bonchev–Trinajstić information content (AvgIpc) is 2.67. The molecule has 0 amide bonds. The molecule has 0 spiro atoms. The first kappa shape index (κ1) is 11.6. The van der Waals surface area contributed by atoms with Crippen LogP contribution in [0.25, 0.3) is 11.2 Å². The van der Waals surface area contributed by atoms with Crippen molar-refractivity contribution < 1.29 is 0 Å². The van der Waals surface area contributed by atoms with Crippen molar-refractivity contribution in [1.82, 2.24) is 24.0 Å². The maximum Gasteiger partial charge on any atom is 0.329 e. The number of hydrogen-bond donors (Lipinski definition) is 1. The van der Waals surface area contributed by atoms with Gasteiger partial charge in [-0.05, 0) is 14.1 Å². The smallest absolute Gasteiger partial charge is 0.323 e. The highest BCUT2D eigenvalue weighted by Gasteiger charge is 2.10. The van der Waals surface area contributed by atoms with Crippen molar-refractivity contribution in [1.29, 1.82) is 0 Å². The van der Waals surface area contributed by atoms with Crippen LogP contribution in [-0.2, 0) is 13.6 Å². The third-order valence-corrected chi connectivity index (χ3v) is 2.66. The van der Waals surface area contributed by atoms with Gasteiger partial charge < -0.3 is 9.47 Å². The van der Waals surface area contributed by atoms with Crippen LogP contribution < -0.4 is 11.2 Å². The van der Waals surface area contributed by atoms with Gasteiger partial charge in [0.25, 0.3) is 5.56 Å². The summed E-state index contributed by atoms with van der Waals surface area (Å²) in [6, 6.07) is 0. The van der Waals surface area contributed by atoms with Crippen molar-refractivity contribution in [3.05, 3.63) is 27.2 Å². The number of aryl methyl sites for hydroxylation is 1. The van der Waals surface area contributed by atoms with Gasteiger partial charge in [0.1, 0.15) is 0 Å². The van der Waals surface area contributed by atoms with Gasteiger partial charge in [0.15, 0.2) is 11.2 Å². The lowest BCUT2D eigenvalue weighted by Gasteiger charge is -2.10. The Bertz CT molecular complexity index is 649. The highest BCUT2D eigenvalue weighted by molar-refractivity contribution is 5.69. The van der Waals surface area contributed by atoms with Gasteiger partial charge in [-0.1, -0.05) is 0 Å². The van der Waals surface area contributed by atoms with Gasteiger partial charge in [-0.25, -0.2) is 9.78 Å². The molecule has 7 nitrogen and oxygen atoms in total. The van der Waals surface area contributed by atoms with Crippen LogP contribution in [0.1, 0.15) is 0 Å². The third-order valence-electron chi connectivity index (χ3n) is 2.66. The van der Waals surface area contributed by atoms with E-state index in [9.17, 15) is 9.59 Å². The lowest BCUT2D eigenvalue weighted by Crippen LogP contribution is -2.29. The second-order valence-electron chi connectivity index (χ2n) is 4.23. The lowest BCUT2D eigenvalue weighted by molar-refractivity contribution is 0.386. The van der Waals surface area contributed by atoms with Crippen LogP contribution in [0.4, 0.5) is 0 Å². The normalized spacial score (nSPS) is 11.5. The summed E-state index contributed by atoms with van der Waals surface area (Å²) in [7, 11) is 5.50. The van der Waals surface area contributed by atoms with Gasteiger partial charge >= 0.3 is 5.69 Å². The fourth-order valence-electron chi connectivity index (χ4n) is 1.66. The number of likely N-dealkylation sites (N-methyl/N-ethyl adjacent to an activating group) is 1. The van der Waals surface area contributed by atoms with E-state index in [1.165, 1.54) is 4.57 Å². The van der Waals surface area contributed by atoms with Crippen molar-refractivity contribution in [2.75, 3.05) is 20.6 Å².